The number of aryl methyl sites for hydroxylation is 1. The van der Waals surface area contributed by atoms with E-state index in [9.17, 15) is 9.59 Å². The molecule has 1 unspecified atom stereocenters. The number of hydrogen-bond donors (Lipinski definition) is 1. The van der Waals surface area contributed by atoms with Gasteiger partial charge in [0, 0.05) is 25.0 Å². The van der Waals surface area contributed by atoms with Gasteiger partial charge in [0.1, 0.15) is 16.8 Å². The van der Waals surface area contributed by atoms with Crippen LogP contribution in [0, 0.1) is 6.92 Å². The van der Waals surface area contributed by atoms with Crippen LogP contribution in [0.2, 0.25) is 0 Å². The summed E-state index contributed by atoms with van der Waals surface area (Å²) in [5, 5.41) is 5.14. The highest BCUT2D eigenvalue weighted by molar-refractivity contribution is 5.78. The molecule has 35 heavy (non-hydrogen) atoms. The Morgan fingerprint density at radius 3 is 2.49 bits per heavy atom. The molecule has 5 rings (SSSR count). The van der Waals surface area contributed by atoms with Crippen molar-refractivity contribution in [3.8, 4) is 5.69 Å². The van der Waals surface area contributed by atoms with Crippen molar-refractivity contribution >= 4 is 17.1 Å². The SMILES string of the molecule is Cc1nn(-c2ccccc2)c2nc(C3CCN(C4CCN(C(=O)OC(C)(C)C)C4)CC3)[nH]c(=O)c12. The highest BCUT2D eigenvalue weighted by Crippen LogP contribution is 2.30. The maximum Gasteiger partial charge on any atom is 0.410 e. The molecule has 1 amide bonds. The predicted molar refractivity (Wildman–Crippen MR) is 134 cm³/mol. The monoisotopic (exact) mass is 478 g/mol. The van der Waals surface area contributed by atoms with Crippen molar-refractivity contribution in [3.63, 3.8) is 0 Å². The predicted octanol–water partition coefficient (Wildman–Crippen LogP) is 3.61. The zero-order chi connectivity index (χ0) is 24.7. The quantitative estimate of drug-likeness (QED) is 0.618. The van der Waals surface area contributed by atoms with Crippen LogP contribution in [-0.4, -0.2) is 73.5 Å². The Morgan fingerprint density at radius 2 is 1.80 bits per heavy atom. The minimum atomic E-state index is -0.479. The number of rotatable bonds is 3. The summed E-state index contributed by atoms with van der Waals surface area (Å²) in [7, 11) is 0. The first-order chi connectivity index (χ1) is 16.7. The third-order valence-corrected chi connectivity index (χ3v) is 6.98. The molecule has 9 nitrogen and oxygen atoms in total. The molecule has 2 saturated heterocycles. The molecule has 1 atom stereocenters. The fourth-order valence-corrected chi connectivity index (χ4v) is 5.22. The molecule has 2 aliphatic heterocycles. The van der Waals surface area contributed by atoms with Gasteiger partial charge in [-0.3, -0.25) is 9.69 Å². The first-order valence-corrected chi connectivity index (χ1v) is 12.5. The van der Waals surface area contributed by atoms with Crippen LogP contribution < -0.4 is 5.56 Å². The van der Waals surface area contributed by atoms with E-state index >= 15 is 0 Å². The van der Waals surface area contributed by atoms with Crippen molar-refractivity contribution in [1.82, 2.24) is 29.5 Å². The number of benzene rings is 1. The van der Waals surface area contributed by atoms with E-state index in [1.54, 1.807) is 4.68 Å². The average molecular weight is 479 g/mol. The highest BCUT2D eigenvalue weighted by Gasteiger charge is 2.35. The van der Waals surface area contributed by atoms with Crippen molar-refractivity contribution < 1.29 is 9.53 Å². The molecule has 2 aromatic heterocycles. The second-order valence-corrected chi connectivity index (χ2v) is 10.7. The van der Waals surface area contributed by atoms with E-state index in [4.69, 9.17) is 9.72 Å². The first kappa shape index (κ1) is 23.5. The molecule has 2 fully saturated rings. The number of carbonyl (C=O) groups is 1. The topological polar surface area (TPSA) is 96.3 Å². The lowest BCUT2D eigenvalue weighted by Gasteiger charge is -2.35. The summed E-state index contributed by atoms with van der Waals surface area (Å²) < 4.78 is 7.31. The number of para-hydroxylation sites is 1. The van der Waals surface area contributed by atoms with Gasteiger partial charge in [-0.25, -0.2) is 14.5 Å². The summed E-state index contributed by atoms with van der Waals surface area (Å²) >= 11 is 0. The fraction of sp³-hybridized carbons (Fsp3) is 0.538. The van der Waals surface area contributed by atoms with Gasteiger partial charge in [-0.2, -0.15) is 5.10 Å². The van der Waals surface area contributed by atoms with E-state index in [0.29, 0.717) is 29.3 Å². The second kappa shape index (κ2) is 9.11. The van der Waals surface area contributed by atoms with Crippen molar-refractivity contribution in [2.24, 2.45) is 0 Å². The molecule has 1 aromatic carbocycles. The number of nitrogens with zero attached hydrogens (tertiary/aromatic N) is 5. The Labute approximate surface area is 205 Å². The van der Waals surface area contributed by atoms with E-state index in [1.807, 2.05) is 62.9 Å². The Balaban J connectivity index is 1.28. The van der Waals surface area contributed by atoms with E-state index in [2.05, 4.69) is 15.0 Å². The number of carbonyl (C=O) groups excluding carboxylic acids is 1. The van der Waals surface area contributed by atoms with Gasteiger partial charge in [-0.05, 0) is 72.2 Å². The van der Waals surface area contributed by atoms with Crippen LogP contribution in [0.15, 0.2) is 35.1 Å². The molecule has 2 aliphatic rings. The molecule has 0 saturated carbocycles. The molecule has 0 radical (unpaired) electrons. The first-order valence-electron chi connectivity index (χ1n) is 12.5. The number of piperidine rings is 1. The van der Waals surface area contributed by atoms with Crippen LogP contribution >= 0.6 is 0 Å². The van der Waals surface area contributed by atoms with Crippen LogP contribution in [0.5, 0.6) is 0 Å². The minimum absolute atomic E-state index is 0.129. The third-order valence-electron chi connectivity index (χ3n) is 6.98. The normalized spacial score (nSPS) is 20.0. The van der Waals surface area contributed by atoms with Crippen LogP contribution in [-0.2, 0) is 4.74 Å². The summed E-state index contributed by atoms with van der Waals surface area (Å²) in [6, 6.07) is 10.1. The molecule has 9 heteroatoms. The van der Waals surface area contributed by atoms with Gasteiger partial charge in [0.25, 0.3) is 5.56 Å². The van der Waals surface area contributed by atoms with Crippen molar-refractivity contribution in [3.05, 3.63) is 52.2 Å². The van der Waals surface area contributed by atoms with Gasteiger partial charge in [-0.15, -0.1) is 0 Å². The number of nitrogens with one attached hydrogen (secondary N) is 1. The number of aromatic nitrogens is 4. The van der Waals surface area contributed by atoms with Crippen molar-refractivity contribution in [2.75, 3.05) is 26.2 Å². The maximum absolute atomic E-state index is 13.0. The number of hydrogen-bond acceptors (Lipinski definition) is 6. The van der Waals surface area contributed by atoms with Gasteiger partial charge in [0.05, 0.1) is 11.4 Å². The lowest BCUT2D eigenvalue weighted by atomic mass is 9.94. The zero-order valence-electron chi connectivity index (χ0n) is 21.0. The van der Waals surface area contributed by atoms with Gasteiger partial charge in [-0.1, -0.05) is 18.2 Å². The van der Waals surface area contributed by atoms with Crippen LogP contribution in [0.4, 0.5) is 4.79 Å². The van der Waals surface area contributed by atoms with Crippen LogP contribution in [0.1, 0.15) is 57.5 Å². The maximum atomic E-state index is 13.0. The van der Waals surface area contributed by atoms with Crippen molar-refractivity contribution in [1.29, 1.82) is 0 Å². The van der Waals surface area contributed by atoms with E-state index < -0.39 is 5.60 Å². The third kappa shape index (κ3) is 4.82. The Morgan fingerprint density at radius 1 is 1.09 bits per heavy atom. The number of fused-ring (bicyclic) bond motifs is 1. The molecule has 0 bridgehead atoms. The fourth-order valence-electron chi connectivity index (χ4n) is 5.22. The van der Waals surface area contributed by atoms with Crippen molar-refractivity contribution in [2.45, 2.75) is 64.5 Å². The van der Waals surface area contributed by atoms with Gasteiger partial charge >= 0.3 is 6.09 Å². The second-order valence-electron chi connectivity index (χ2n) is 10.7. The average Bonchev–Trinajstić information content (AvgIpc) is 3.44. The number of aromatic amines is 1. The van der Waals surface area contributed by atoms with E-state index in [-0.39, 0.29) is 17.6 Å². The minimum Gasteiger partial charge on any atom is -0.444 e. The summed E-state index contributed by atoms with van der Waals surface area (Å²) in [4.78, 5) is 37.6. The number of likely N-dealkylation sites (tertiary alicyclic amines) is 2. The van der Waals surface area contributed by atoms with E-state index in [1.165, 1.54) is 0 Å². The number of amides is 1. The lowest BCUT2D eigenvalue weighted by molar-refractivity contribution is 0.0276. The lowest BCUT2D eigenvalue weighted by Crippen LogP contribution is -2.44. The Bertz CT molecular complexity index is 1270. The number of ether oxygens (including phenoxy) is 1. The van der Waals surface area contributed by atoms with E-state index in [0.717, 1.165) is 50.4 Å². The molecular formula is C26H34N6O3. The summed E-state index contributed by atoms with van der Waals surface area (Å²) in [5.41, 5.74) is 1.57. The summed E-state index contributed by atoms with van der Waals surface area (Å²) in [5.74, 6) is 0.923. The molecule has 0 aliphatic carbocycles. The molecule has 3 aromatic rings. The Hall–Kier alpha value is -3.20. The smallest absolute Gasteiger partial charge is 0.410 e. The molecule has 186 valence electrons. The van der Waals surface area contributed by atoms with Gasteiger partial charge in [0.15, 0.2) is 5.65 Å². The van der Waals surface area contributed by atoms with Crippen LogP contribution in [0.3, 0.4) is 0 Å². The largest absolute Gasteiger partial charge is 0.444 e. The van der Waals surface area contributed by atoms with Gasteiger partial charge in [0.2, 0.25) is 0 Å². The summed E-state index contributed by atoms with van der Waals surface area (Å²) in [6.45, 7) is 10.8. The zero-order valence-corrected chi connectivity index (χ0v) is 21.0. The van der Waals surface area contributed by atoms with Gasteiger partial charge < -0.3 is 14.6 Å². The Kier molecular flexibility index (Phi) is 6.13. The summed E-state index contributed by atoms with van der Waals surface area (Å²) in [6.07, 6.45) is 2.56. The van der Waals surface area contributed by atoms with Crippen LogP contribution in [0.25, 0.3) is 16.7 Å². The standard InChI is InChI=1S/C26H34N6O3/c1-17-21-23(32(29-17)19-8-6-5-7-9-19)27-22(28-24(21)33)18-10-13-30(14-11-18)20-12-15-31(16-20)25(34)35-26(2,3)4/h5-9,18,20H,10-16H2,1-4H3,(H,27,28,33). The molecule has 4 heterocycles. The highest BCUT2D eigenvalue weighted by atomic mass is 16.6. The number of H-pyrrole nitrogens is 1. The molecular weight excluding hydrogens is 444 g/mol. The molecule has 0 spiro atoms. The molecule has 1 N–H and O–H groups in total.